The Morgan fingerprint density at radius 2 is 1.92 bits per heavy atom. The zero-order chi connectivity index (χ0) is 17.4. The third kappa shape index (κ3) is 2.86. The van der Waals surface area contributed by atoms with Gasteiger partial charge in [0.2, 0.25) is 5.91 Å². The van der Waals surface area contributed by atoms with Crippen molar-refractivity contribution in [3.05, 3.63) is 23.2 Å². The van der Waals surface area contributed by atoms with Crippen LogP contribution in [0.3, 0.4) is 0 Å². The first kappa shape index (κ1) is 16.3. The summed E-state index contributed by atoms with van der Waals surface area (Å²) in [6.45, 7) is 3.07. The summed E-state index contributed by atoms with van der Waals surface area (Å²) in [4.78, 5) is 41.7. The predicted octanol–water partition coefficient (Wildman–Crippen LogP) is 0.835. The second-order valence-electron chi connectivity index (χ2n) is 6.98. The van der Waals surface area contributed by atoms with Crippen LogP contribution in [0.4, 0.5) is 0 Å². The van der Waals surface area contributed by atoms with Crippen molar-refractivity contribution in [2.45, 2.75) is 38.1 Å². The quantitative estimate of drug-likeness (QED) is 0.859. The van der Waals surface area contributed by atoms with Crippen LogP contribution >= 0.6 is 0 Å². The van der Waals surface area contributed by atoms with E-state index < -0.39 is 6.04 Å². The number of amides is 2. The molecule has 7 heteroatoms. The fraction of sp³-hybridized carbons (Fsp3) is 0.611. The smallest absolute Gasteiger partial charge is 0.258 e. The molecule has 0 spiro atoms. The fourth-order valence-electron chi connectivity index (χ4n) is 4.05. The normalized spacial score (nSPS) is 23.7. The molecule has 1 aliphatic carbocycles. The number of carbonyl (C=O) groups is 3. The van der Waals surface area contributed by atoms with Crippen LogP contribution in [0.15, 0.2) is 10.7 Å². The minimum absolute atomic E-state index is 0.00161. The average Bonchev–Trinajstić information content (AvgIpc) is 3.31. The number of likely N-dealkylation sites (tertiary alicyclic amines) is 1. The molecule has 0 aromatic carbocycles. The van der Waals surface area contributed by atoms with Gasteiger partial charge in [0.1, 0.15) is 18.1 Å². The maximum Gasteiger partial charge on any atom is 0.258 e. The minimum Gasteiger partial charge on any atom is -0.468 e. The van der Waals surface area contributed by atoms with Gasteiger partial charge in [0.05, 0.1) is 11.1 Å². The van der Waals surface area contributed by atoms with Crippen LogP contribution in [-0.2, 0) is 11.2 Å². The first-order valence-electron chi connectivity index (χ1n) is 9.11. The van der Waals surface area contributed by atoms with Crippen LogP contribution in [0.1, 0.15) is 52.2 Å². The molecule has 1 aromatic rings. The molecule has 7 nitrogen and oxygen atoms in total. The summed E-state index contributed by atoms with van der Waals surface area (Å²) in [6.07, 6.45) is 5.33. The van der Waals surface area contributed by atoms with E-state index in [1.165, 1.54) is 6.26 Å². The molecular formula is C18H23N3O4. The molecule has 0 bridgehead atoms. The lowest BCUT2D eigenvalue weighted by Crippen LogP contribution is -2.60. The number of piperazine rings is 1. The van der Waals surface area contributed by atoms with Crippen LogP contribution in [0.5, 0.6) is 0 Å². The maximum absolute atomic E-state index is 13.1. The van der Waals surface area contributed by atoms with Gasteiger partial charge in [-0.3, -0.25) is 14.4 Å². The Bertz CT molecular complexity index is 705. The summed E-state index contributed by atoms with van der Waals surface area (Å²) in [7, 11) is 0. The molecule has 1 N–H and O–H groups in total. The molecule has 25 heavy (non-hydrogen) atoms. The first-order valence-corrected chi connectivity index (χ1v) is 9.11. The topological polar surface area (TPSA) is 82.9 Å². The Morgan fingerprint density at radius 3 is 2.72 bits per heavy atom. The van der Waals surface area contributed by atoms with Gasteiger partial charge in [-0.05, 0) is 19.3 Å². The second-order valence-corrected chi connectivity index (χ2v) is 6.98. The summed E-state index contributed by atoms with van der Waals surface area (Å²) in [5, 5.41) is 3.21. The standard InChI is InChI=1S/C18H23N3O4/c22-14-4-3-5-15-16(14)12(11-25-15)17(23)21-9-6-19-10-13(21)18(24)20-7-1-2-8-20/h11,13,19H,1-10H2/t13-/m0/s1. The maximum atomic E-state index is 13.1. The number of aryl methyl sites for hydroxylation is 1. The Morgan fingerprint density at radius 1 is 1.12 bits per heavy atom. The van der Waals surface area contributed by atoms with Crippen molar-refractivity contribution in [2.75, 3.05) is 32.7 Å². The van der Waals surface area contributed by atoms with E-state index in [1.807, 2.05) is 4.90 Å². The summed E-state index contributed by atoms with van der Waals surface area (Å²) < 4.78 is 5.49. The van der Waals surface area contributed by atoms with Gasteiger partial charge in [-0.2, -0.15) is 0 Å². The van der Waals surface area contributed by atoms with Crippen LogP contribution in [-0.4, -0.2) is 66.2 Å². The van der Waals surface area contributed by atoms with Crippen molar-refractivity contribution < 1.29 is 18.8 Å². The van der Waals surface area contributed by atoms with E-state index in [-0.39, 0.29) is 17.6 Å². The summed E-state index contributed by atoms with van der Waals surface area (Å²) in [6, 6.07) is -0.511. The van der Waals surface area contributed by atoms with E-state index >= 15 is 0 Å². The van der Waals surface area contributed by atoms with E-state index in [9.17, 15) is 14.4 Å². The highest BCUT2D eigenvalue weighted by molar-refractivity contribution is 6.10. The number of ketones is 1. The van der Waals surface area contributed by atoms with Gasteiger partial charge in [-0.15, -0.1) is 0 Å². The summed E-state index contributed by atoms with van der Waals surface area (Å²) in [5.74, 6) is 0.314. The van der Waals surface area contributed by atoms with E-state index in [4.69, 9.17) is 4.42 Å². The molecule has 0 unspecified atom stereocenters. The predicted molar refractivity (Wildman–Crippen MR) is 89.5 cm³/mol. The van der Waals surface area contributed by atoms with Crippen molar-refractivity contribution >= 4 is 17.6 Å². The largest absolute Gasteiger partial charge is 0.468 e. The summed E-state index contributed by atoms with van der Waals surface area (Å²) in [5.41, 5.74) is 0.753. The monoisotopic (exact) mass is 345 g/mol. The molecule has 3 heterocycles. The first-order chi connectivity index (χ1) is 12.2. The number of Topliss-reactive ketones (excluding diaryl/α,β-unsaturated/α-hetero) is 1. The van der Waals surface area contributed by atoms with Gasteiger partial charge in [0, 0.05) is 45.6 Å². The van der Waals surface area contributed by atoms with Gasteiger partial charge in [0.25, 0.3) is 5.91 Å². The lowest BCUT2D eigenvalue weighted by Gasteiger charge is -2.37. The number of nitrogens with zero attached hydrogens (tertiary/aromatic N) is 2. The van der Waals surface area contributed by atoms with Crippen molar-refractivity contribution in [3.8, 4) is 0 Å². The molecule has 2 saturated heterocycles. The van der Waals surface area contributed by atoms with Crippen LogP contribution in [0.2, 0.25) is 0 Å². The van der Waals surface area contributed by atoms with E-state index in [0.717, 1.165) is 32.4 Å². The lowest BCUT2D eigenvalue weighted by molar-refractivity contribution is -0.135. The molecule has 134 valence electrons. The summed E-state index contributed by atoms with van der Waals surface area (Å²) >= 11 is 0. The Balaban J connectivity index is 1.60. The molecule has 2 aliphatic heterocycles. The minimum atomic E-state index is -0.511. The van der Waals surface area contributed by atoms with Crippen LogP contribution in [0.25, 0.3) is 0 Å². The fourth-order valence-corrected chi connectivity index (χ4v) is 4.05. The molecule has 2 fully saturated rings. The third-order valence-corrected chi connectivity index (χ3v) is 5.39. The molecule has 0 radical (unpaired) electrons. The van der Waals surface area contributed by atoms with Gasteiger partial charge in [0.15, 0.2) is 5.78 Å². The zero-order valence-corrected chi connectivity index (χ0v) is 14.3. The van der Waals surface area contributed by atoms with Crippen LogP contribution < -0.4 is 5.32 Å². The molecule has 4 rings (SSSR count). The van der Waals surface area contributed by atoms with Crippen molar-refractivity contribution in [1.82, 2.24) is 15.1 Å². The number of rotatable bonds is 2. The number of furan rings is 1. The number of hydrogen-bond donors (Lipinski definition) is 1. The highest BCUT2D eigenvalue weighted by Crippen LogP contribution is 2.28. The third-order valence-electron chi connectivity index (χ3n) is 5.39. The number of fused-ring (bicyclic) bond motifs is 1. The van der Waals surface area contributed by atoms with Gasteiger partial charge >= 0.3 is 0 Å². The van der Waals surface area contributed by atoms with Crippen LogP contribution in [0, 0.1) is 0 Å². The van der Waals surface area contributed by atoms with Gasteiger partial charge in [-0.25, -0.2) is 0 Å². The molecule has 2 amide bonds. The van der Waals surface area contributed by atoms with Crippen molar-refractivity contribution in [1.29, 1.82) is 0 Å². The lowest BCUT2D eigenvalue weighted by atomic mass is 9.93. The van der Waals surface area contributed by atoms with Crippen molar-refractivity contribution in [2.24, 2.45) is 0 Å². The average molecular weight is 345 g/mol. The van der Waals surface area contributed by atoms with E-state index in [1.54, 1.807) is 4.90 Å². The second kappa shape index (κ2) is 6.63. The molecule has 0 saturated carbocycles. The number of hydrogen-bond acceptors (Lipinski definition) is 5. The highest BCUT2D eigenvalue weighted by Gasteiger charge is 2.38. The van der Waals surface area contributed by atoms with Crippen molar-refractivity contribution in [3.63, 3.8) is 0 Å². The van der Waals surface area contributed by atoms with E-state index in [2.05, 4.69) is 5.32 Å². The number of nitrogens with one attached hydrogen (secondary N) is 1. The molecule has 1 aromatic heterocycles. The number of carbonyl (C=O) groups excluding carboxylic acids is 3. The Kier molecular flexibility index (Phi) is 4.33. The van der Waals surface area contributed by atoms with Gasteiger partial charge < -0.3 is 19.5 Å². The highest BCUT2D eigenvalue weighted by atomic mass is 16.3. The Hall–Kier alpha value is -2.15. The molecule has 1 atom stereocenters. The zero-order valence-electron chi connectivity index (χ0n) is 14.3. The Labute approximate surface area is 146 Å². The van der Waals surface area contributed by atoms with Gasteiger partial charge in [-0.1, -0.05) is 0 Å². The SMILES string of the molecule is O=C1CCCc2occ(C(=O)N3CCNC[C@H]3C(=O)N3CCCC3)c21. The molecule has 3 aliphatic rings. The van der Waals surface area contributed by atoms with E-state index in [0.29, 0.717) is 49.4 Å². The molecular weight excluding hydrogens is 322 g/mol.